The molecule has 21 heavy (non-hydrogen) atoms. The van der Waals surface area contributed by atoms with E-state index in [2.05, 4.69) is 41.6 Å². The van der Waals surface area contributed by atoms with E-state index in [4.69, 9.17) is 11.6 Å². The van der Waals surface area contributed by atoms with Gasteiger partial charge in [0.05, 0.1) is 5.69 Å². The number of nitrogens with zero attached hydrogens (tertiary/aromatic N) is 1. The van der Waals surface area contributed by atoms with Gasteiger partial charge >= 0.3 is 0 Å². The van der Waals surface area contributed by atoms with Crippen LogP contribution in [0.2, 0.25) is 5.02 Å². The molecule has 1 aromatic heterocycles. The number of thiazole rings is 1. The van der Waals surface area contributed by atoms with Crippen LogP contribution < -0.4 is 0 Å². The lowest BCUT2D eigenvalue weighted by molar-refractivity contribution is 1.37. The average molecular weight is 312 g/mol. The summed E-state index contributed by atoms with van der Waals surface area (Å²) in [5.74, 6) is 0. The van der Waals surface area contributed by atoms with Crippen molar-refractivity contribution < 1.29 is 0 Å². The lowest BCUT2D eigenvalue weighted by Crippen LogP contribution is -1.79. The van der Waals surface area contributed by atoms with Gasteiger partial charge in [-0.2, -0.15) is 0 Å². The molecule has 0 spiro atoms. The van der Waals surface area contributed by atoms with Crippen molar-refractivity contribution in [3.05, 3.63) is 75.1 Å². The molecule has 0 saturated heterocycles. The van der Waals surface area contributed by atoms with Crippen molar-refractivity contribution in [2.45, 2.75) is 6.92 Å². The Morgan fingerprint density at radius 1 is 0.952 bits per heavy atom. The van der Waals surface area contributed by atoms with Gasteiger partial charge in [0.25, 0.3) is 0 Å². The van der Waals surface area contributed by atoms with Crippen LogP contribution >= 0.6 is 22.9 Å². The van der Waals surface area contributed by atoms with Crippen LogP contribution in [0.5, 0.6) is 0 Å². The third-order valence-electron chi connectivity index (χ3n) is 3.16. The first-order valence-electron chi connectivity index (χ1n) is 6.67. The molecule has 2 aromatic carbocycles. The van der Waals surface area contributed by atoms with E-state index in [1.54, 1.807) is 11.3 Å². The van der Waals surface area contributed by atoms with Crippen LogP contribution in [0.25, 0.3) is 23.4 Å². The third kappa shape index (κ3) is 3.60. The Bertz CT molecular complexity index is 755. The Kier molecular flexibility index (Phi) is 4.18. The molecule has 0 fully saturated rings. The molecular formula is C18H14ClNS. The van der Waals surface area contributed by atoms with E-state index < -0.39 is 0 Å². The van der Waals surface area contributed by atoms with E-state index >= 15 is 0 Å². The number of hydrogen-bond acceptors (Lipinski definition) is 2. The molecule has 0 aliphatic carbocycles. The Labute approximate surface area is 133 Å². The van der Waals surface area contributed by atoms with Gasteiger partial charge in [-0.1, -0.05) is 59.6 Å². The summed E-state index contributed by atoms with van der Waals surface area (Å²) in [5, 5.41) is 3.84. The second-order valence-corrected chi connectivity index (χ2v) is 6.15. The SMILES string of the molecule is Cc1ccc(-c2csc(C=Cc3ccc(Cl)cc3)n2)cc1. The summed E-state index contributed by atoms with van der Waals surface area (Å²) in [6.07, 6.45) is 4.08. The molecule has 3 heteroatoms. The summed E-state index contributed by atoms with van der Waals surface area (Å²) < 4.78 is 0. The first-order valence-corrected chi connectivity index (χ1v) is 7.93. The number of aromatic nitrogens is 1. The average Bonchev–Trinajstić information content (AvgIpc) is 2.96. The van der Waals surface area contributed by atoms with Crippen LogP contribution in [0.3, 0.4) is 0 Å². The van der Waals surface area contributed by atoms with E-state index in [0.717, 1.165) is 26.9 Å². The Morgan fingerprint density at radius 2 is 1.67 bits per heavy atom. The number of hydrogen-bond donors (Lipinski definition) is 0. The Hall–Kier alpha value is -1.90. The maximum Gasteiger partial charge on any atom is 0.116 e. The summed E-state index contributed by atoms with van der Waals surface area (Å²) in [6, 6.07) is 16.2. The van der Waals surface area contributed by atoms with Gasteiger partial charge in [-0.25, -0.2) is 4.98 Å². The van der Waals surface area contributed by atoms with Gasteiger partial charge in [0.1, 0.15) is 5.01 Å². The first kappa shape index (κ1) is 14.1. The van der Waals surface area contributed by atoms with Crippen LogP contribution in [0.15, 0.2) is 53.9 Å². The fourth-order valence-corrected chi connectivity index (χ4v) is 2.81. The quantitative estimate of drug-likeness (QED) is 0.583. The molecule has 0 radical (unpaired) electrons. The van der Waals surface area contributed by atoms with Crippen molar-refractivity contribution in [3.8, 4) is 11.3 Å². The van der Waals surface area contributed by atoms with Crippen molar-refractivity contribution in [2.75, 3.05) is 0 Å². The topological polar surface area (TPSA) is 12.9 Å². The van der Waals surface area contributed by atoms with Crippen molar-refractivity contribution in [1.29, 1.82) is 0 Å². The predicted molar refractivity (Wildman–Crippen MR) is 92.7 cm³/mol. The fourth-order valence-electron chi connectivity index (χ4n) is 1.96. The molecule has 0 aliphatic rings. The molecule has 104 valence electrons. The van der Waals surface area contributed by atoms with E-state index in [1.807, 2.05) is 36.4 Å². The zero-order chi connectivity index (χ0) is 14.7. The van der Waals surface area contributed by atoms with Gasteiger partial charge in [0.2, 0.25) is 0 Å². The molecule has 3 aromatic rings. The molecule has 1 heterocycles. The summed E-state index contributed by atoms with van der Waals surface area (Å²) in [4.78, 5) is 4.65. The highest BCUT2D eigenvalue weighted by Crippen LogP contribution is 2.23. The van der Waals surface area contributed by atoms with Gasteiger partial charge in [0, 0.05) is 16.0 Å². The lowest BCUT2D eigenvalue weighted by Gasteiger charge is -1.96. The van der Waals surface area contributed by atoms with Crippen LogP contribution in [-0.2, 0) is 0 Å². The Balaban J connectivity index is 1.78. The molecule has 0 amide bonds. The second kappa shape index (κ2) is 6.25. The highest BCUT2D eigenvalue weighted by molar-refractivity contribution is 7.10. The maximum atomic E-state index is 5.88. The van der Waals surface area contributed by atoms with Gasteiger partial charge in [-0.05, 0) is 30.7 Å². The van der Waals surface area contributed by atoms with Crippen molar-refractivity contribution in [2.24, 2.45) is 0 Å². The number of benzene rings is 2. The molecule has 0 aliphatic heterocycles. The van der Waals surface area contributed by atoms with Crippen molar-refractivity contribution >= 4 is 35.1 Å². The van der Waals surface area contributed by atoms with Crippen molar-refractivity contribution in [1.82, 2.24) is 4.98 Å². The zero-order valence-electron chi connectivity index (χ0n) is 11.6. The minimum Gasteiger partial charge on any atom is -0.237 e. The zero-order valence-corrected chi connectivity index (χ0v) is 13.2. The van der Waals surface area contributed by atoms with E-state index in [-0.39, 0.29) is 0 Å². The normalized spacial score (nSPS) is 11.1. The minimum atomic E-state index is 0.753. The molecule has 3 rings (SSSR count). The highest BCUT2D eigenvalue weighted by Gasteiger charge is 2.02. The number of rotatable bonds is 3. The molecule has 1 nitrogen and oxygen atoms in total. The predicted octanol–water partition coefficient (Wildman–Crippen LogP) is 5.94. The lowest BCUT2D eigenvalue weighted by atomic mass is 10.1. The second-order valence-electron chi connectivity index (χ2n) is 4.82. The first-order chi connectivity index (χ1) is 10.2. The van der Waals surface area contributed by atoms with Crippen LogP contribution in [-0.4, -0.2) is 4.98 Å². The van der Waals surface area contributed by atoms with Crippen LogP contribution in [0.1, 0.15) is 16.1 Å². The van der Waals surface area contributed by atoms with E-state index in [1.165, 1.54) is 5.56 Å². The molecule has 0 unspecified atom stereocenters. The van der Waals surface area contributed by atoms with Crippen LogP contribution in [0.4, 0.5) is 0 Å². The fraction of sp³-hybridized carbons (Fsp3) is 0.0556. The van der Waals surface area contributed by atoms with Gasteiger partial charge < -0.3 is 0 Å². The van der Waals surface area contributed by atoms with Crippen molar-refractivity contribution in [3.63, 3.8) is 0 Å². The van der Waals surface area contributed by atoms with Gasteiger partial charge in [-0.3, -0.25) is 0 Å². The molecular weight excluding hydrogens is 298 g/mol. The highest BCUT2D eigenvalue weighted by atomic mass is 35.5. The number of halogens is 1. The molecule has 0 atom stereocenters. The number of aryl methyl sites for hydroxylation is 1. The standard InChI is InChI=1S/C18H14ClNS/c1-13-2-7-15(8-3-13)17-12-21-18(20-17)11-6-14-4-9-16(19)10-5-14/h2-12H,1H3. The summed E-state index contributed by atoms with van der Waals surface area (Å²) in [7, 11) is 0. The summed E-state index contributed by atoms with van der Waals surface area (Å²) in [6.45, 7) is 2.09. The summed E-state index contributed by atoms with van der Waals surface area (Å²) >= 11 is 7.52. The van der Waals surface area contributed by atoms with Gasteiger partial charge in [0.15, 0.2) is 0 Å². The smallest absolute Gasteiger partial charge is 0.116 e. The molecule has 0 bridgehead atoms. The third-order valence-corrected chi connectivity index (χ3v) is 4.22. The Morgan fingerprint density at radius 3 is 2.38 bits per heavy atom. The van der Waals surface area contributed by atoms with Crippen LogP contribution in [0, 0.1) is 6.92 Å². The van der Waals surface area contributed by atoms with E-state index in [9.17, 15) is 0 Å². The van der Waals surface area contributed by atoms with Gasteiger partial charge in [-0.15, -0.1) is 11.3 Å². The molecule has 0 saturated carbocycles. The summed E-state index contributed by atoms with van der Waals surface area (Å²) in [5.41, 5.74) is 4.56. The monoisotopic (exact) mass is 311 g/mol. The molecule has 0 N–H and O–H groups in total. The van der Waals surface area contributed by atoms with E-state index in [0.29, 0.717) is 0 Å². The minimum absolute atomic E-state index is 0.753. The maximum absolute atomic E-state index is 5.88. The largest absolute Gasteiger partial charge is 0.237 e.